The maximum atomic E-state index is 9.38. The molecule has 2 rings (SSSR count). The molecule has 0 unspecified atom stereocenters. The van der Waals surface area contributed by atoms with E-state index < -0.39 is 0 Å². The highest BCUT2D eigenvalue weighted by atomic mass is 79.9. The quantitative estimate of drug-likeness (QED) is 0.791. The lowest BCUT2D eigenvalue weighted by molar-refractivity contribution is 0.223. The molecule has 1 aliphatic carbocycles. The SMILES string of the molecule is C[C@@](C#N)(c1ccc(Br)cc1)C1CCC1. The molecule has 1 fully saturated rings. The van der Waals surface area contributed by atoms with Crippen LogP contribution in [0, 0.1) is 17.2 Å². The first-order valence-electron chi connectivity index (χ1n) is 5.34. The lowest BCUT2D eigenvalue weighted by Gasteiger charge is -2.38. The number of benzene rings is 1. The normalized spacial score (nSPS) is 20.1. The van der Waals surface area contributed by atoms with Crippen LogP contribution in [0.5, 0.6) is 0 Å². The summed E-state index contributed by atoms with van der Waals surface area (Å²) in [5, 5.41) is 9.38. The highest BCUT2D eigenvalue weighted by Crippen LogP contribution is 2.43. The van der Waals surface area contributed by atoms with Crippen LogP contribution in [0.25, 0.3) is 0 Å². The maximum Gasteiger partial charge on any atom is 0.0822 e. The first-order valence-corrected chi connectivity index (χ1v) is 6.13. The summed E-state index contributed by atoms with van der Waals surface area (Å²) in [5.74, 6) is 0.545. The third kappa shape index (κ3) is 1.81. The van der Waals surface area contributed by atoms with E-state index in [1.165, 1.54) is 19.3 Å². The second kappa shape index (κ2) is 3.98. The number of halogens is 1. The third-order valence-corrected chi connectivity index (χ3v) is 4.13. The van der Waals surface area contributed by atoms with E-state index in [2.05, 4.69) is 41.1 Å². The summed E-state index contributed by atoms with van der Waals surface area (Å²) in [6, 6.07) is 10.7. The van der Waals surface area contributed by atoms with Gasteiger partial charge in [0.1, 0.15) is 0 Å². The van der Waals surface area contributed by atoms with Gasteiger partial charge in [-0.3, -0.25) is 0 Å². The molecule has 0 saturated heterocycles. The van der Waals surface area contributed by atoms with Crippen LogP contribution >= 0.6 is 15.9 Å². The zero-order valence-corrected chi connectivity index (χ0v) is 10.4. The van der Waals surface area contributed by atoms with Crippen molar-refractivity contribution in [2.24, 2.45) is 5.92 Å². The number of nitriles is 1. The molecule has 0 radical (unpaired) electrons. The summed E-state index contributed by atoms with van der Waals surface area (Å²) in [5.41, 5.74) is 0.858. The van der Waals surface area contributed by atoms with E-state index in [1.54, 1.807) is 0 Å². The number of hydrogen-bond acceptors (Lipinski definition) is 1. The highest BCUT2D eigenvalue weighted by Gasteiger charge is 2.39. The Morgan fingerprint density at radius 2 is 1.93 bits per heavy atom. The Balaban J connectivity index is 2.33. The largest absolute Gasteiger partial charge is 0.197 e. The van der Waals surface area contributed by atoms with Gasteiger partial charge < -0.3 is 0 Å². The van der Waals surface area contributed by atoms with Crippen LogP contribution in [0.1, 0.15) is 31.7 Å². The van der Waals surface area contributed by atoms with Crippen LogP contribution in [-0.2, 0) is 5.41 Å². The third-order valence-electron chi connectivity index (χ3n) is 3.60. The van der Waals surface area contributed by atoms with Crippen LogP contribution in [0.3, 0.4) is 0 Å². The fourth-order valence-electron chi connectivity index (χ4n) is 2.17. The van der Waals surface area contributed by atoms with Gasteiger partial charge in [0.15, 0.2) is 0 Å². The molecule has 1 nitrogen and oxygen atoms in total. The predicted octanol–water partition coefficient (Wildman–Crippen LogP) is 4.03. The molecule has 15 heavy (non-hydrogen) atoms. The molecule has 0 N–H and O–H groups in total. The van der Waals surface area contributed by atoms with Crippen molar-refractivity contribution < 1.29 is 0 Å². The molecular weight excluding hydrogens is 250 g/mol. The molecule has 2 heteroatoms. The molecule has 1 aromatic rings. The molecule has 0 bridgehead atoms. The molecule has 1 atom stereocenters. The Hall–Kier alpha value is -0.810. The van der Waals surface area contributed by atoms with Crippen molar-refractivity contribution in [3.8, 4) is 6.07 Å². The fourth-order valence-corrected chi connectivity index (χ4v) is 2.44. The fraction of sp³-hybridized carbons (Fsp3) is 0.462. The first kappa shape index (κ1) is 10.7. The molecule has 1 aromatic carbocycles. The molecule has 0 aliphatic heterocycles. The molecule has 0 spiro atoms. The van der Waals surface area contributed by atoms with Crippen molar-refractivity contribution in [2.45, 2.75) is 31.6 Å². The second-order valence-electron chi connectivity index (χ2n) is 4.45. The van der Waals surface area contributed by atoms with Crippen molar-refractivity contribution in [3.05, 3.63) is 34.3 Å². The van der Waals surface area contributed by atoms with Crippen LogP contribution in [0.15, 0.2) is 28.7 Å². The van der Waals surface area contributed by atoms with Gasteiger partial charge in [-0.1, -0.05) is 34.5 Å². The highest BCUT2D eigenvalue weighted by molar-refractivity contribution is 9.10. The van der Waals surface area contributed by atoms with Gasteiger partial charge in [0.05, 0.1) is 11.5 Å². The van der Waals surface area contributed by atoms with Gasteiger partial charge in [-0.05, 0) is 43.4 Å². The number of hydrogen-bond donors (Lipinski definition) is 0. The molecule has 78 valence electrons. The summed E-state index contributed by atoms with van der Waals surface area (Å²) in [4.78, 5) is 0. The monoisotopic (exact) mass is 263 g/mol. The van der Waals surface area contributed by atoms with Gasteiger partial charge in [-0.15, -0.1) is 0 Å². The van der Waals surface area contributed by atoms with Gasteiger partial charge in [0.25, 0.3) is 0 Å². The summed E-state index contributed by atoms with van der Waals surface area (Å²) in [7, 11) is 0. The molecule has 0 aromatic heterocycles. The Morgan fingerprint density at radius 1 is 1.33 bits per heavy atom. The number of nitrogens with zero attached hydrogens (tertiary/aromatic N) is 1. The van der Waals surface area contributed by atoms with Crippen LogP contribution in [0.4, 0.5) is 0 Å². The maximum absolute atomic E-state index is 9.38. The van der Waals surface area contributed by atoms with Gasteiger partial charge in [-0.2, -0.15) is 5.26 Å². The van der Waals surface area contributed by atoms with Gasteiger partial charge >= 0.3 is 0 Å². The Bertz CT molecular complexity index is 386. The standard InChI is InChI=1S/C13H14BrN/c1-13(9-15,10-3-2-4-10)11-5-7-12(14)8-6-11/h5-8,10H,2-4H2,1H3/t13-/m0/s1. The van der Waals surface area contributed by atoms with Crippen molar-refractivity contribution >= 4 is 15.9 Å². The lowest BCUT2D eigenvalue weighted by Crippen LogP contribution is -2.35. The summed E-state index contributed by atoms with van der Waals surface area (Å²) >= 11 is 3.42. The lowest BCUT2D eigenvalue weighted by atomic mass is 9.64. The minimum absolute atomic E-state index is 0.293. The van der Waals surface area contributed by atoms with Crippen LogP contribution in [-0.4, -0.2) is 0 Å². The number of rotatable bonds is 2. The first-order chi connectivity index (χ1) is 7.16. The zero-order chi connectivity index (χ0) is 10.9. The zero-order valence-electron chi connectivity index (χ0n) is 8.83. The Kier molecular flexibility index (Phi) is 2.84. The second-order valence-corrected chi connectivity index (χ2v) is 5.36. The minimum atomic E-state index is -0.293. The van der Waals surface area contributed by atoms with Gasteiger partial charge in [-0.25, -0.2) is 0 Å². The van der Waals surface area contributed by atoms with Gasteiger partial charge in [0, 0.05) is 4.47 Å². The topological polar surface area (TPSA) is 23.8 Å². The van der Waals surface area contributed by atoms with E-state index in [9.17, 15) is 5.26 Å². The summed E-state index contributed by atoms with van der Waals surface area (Å²) in [6.07, 6.45) is 3.67. The van der Waals surface area contributed by atoms with E-state index in [1.807, 2.05) is 12.1 Å². The van der Waals surface area contributed by atoms with Crippen LogP contribution < -0.4 is 0 Å². The average molecular weight is 264 g/mol. The molecule has 0 heterocycles. The minimum Gasteiger partial charge on any atom is -0.197 e. The van der Waals surface area contributed by atoms with E-state index in [0.29, 0.717) is 5.92 Å². The summed E-state index contributed by atoms with van der Waals surface area (Å²) < 4.78 is 1.07. The van der Waals surface area contributed by atoms with Crippen LogP contribution in [0.2, 0.25) is 0 Å². The van der Waals surface area contributed by atoms with Crippen molar-refractivity contribution in [1.29, 1.82) is 5.26 Å². The van der Waals surface area contributed by atoms with Crippen molar-refractivity contribution in [1.82, 2.24) is 0 Å². The van der Waals surface area contributed by atoms with Crippen molar-refractivity contribution in [3.63, 3.8) is 0 Å². The van der Waals surface area contributed by atoms with E-state index in [-0.39, 0.29) is 5.41 Å². The van der Waals surface area contributed by atoms with Crippen molar-refractivity contribution in [2.75, 3.05) is 0 Å². The van der Waals surface area contributed by atoms with E-state index in [4.69, 9.17) is 0 Å². The predicted molar refractivity (Wildman–Crippen MR) is 64.4 cm³/mol. The smallest absolute Gasteiger partial charge is 0.0822 e. The molecule has 1 aliphatic rings. The molecule has 1 saturated carbocycles. The average Bonchev–Trinajstić information content (AvgIpc) is 2.15. The van der Waals surface area contributed by atoms with Gasteiger partial charge in [0.2, 0.25) is 0 Å². The Morgan fingerprint density at radius 3 is 2.33 bits per heavy atom. The molecular formula is C13H14BrN. The summed E-state index contributed by atoms with van der Waals surface area (Å²) in [6.45, 7) is 2.07. The van der Waals surface area contributed by atoms with E-state index in [0.717, 1.165) is 10.0 Å². The Labute approximate surface area is 99.2 Å². The molecule has 0 amide bonds. The van der Waals surface area contributed by atoms with E-state index >= 15 is 0 Å².